The zero-order valence-corrected chi connectivity index (χ0v) is 11.4. The summed E-state index contributed by atoms with van der Waals surface area (Å²) >= 11 is 12.2. The number of hydrogen-bond donors (Lipinski definition) is 2. The van der Waals surface area contributed by atoms with Gasteiger partial charge >= 0.3 is 0 Å². The van der Waals surface area contributed by atoms with E-state index >= 15 is 0 Å². The van der Waals surface area contributed by atoms with E-state index in [0.29, 0.717) is 16.5 Å². The van der Waals surface area contributed by atoms with Gasteiger partial charge in [-0.3, -0.25) is 11.3 Å². The van der Waals surface area contributed by atoms with Crippen LogP contribution in [0.15, 0.2) is 30.6 Å². The monoisotopic (exact) mass is 284 g/mol. The number of nitrogens with zero attached hydrogens (tertiary/aromatic N) is 2. The fourth-order valence-electron chi connectivity index (χ4n) is 1.82. The molecule has 3 N–H and O–H groups in total. The maximum Gasteiger partial charge on any atom is 0.110 e. The van der Waals surface area contributed by atoms with Crippen LogP contribution in [0.1, 0.15) is 17.4 Å². The van der Waals surface area contributed by atoms with Crippen LogP contribution in [-0.2, 0) is 13.5 Å². The van der Waals surface area contributed by atoms with Crippen molar-refractivity contribution >= 4 is 23.2 Å². The zero-order valence-electron chi connectivity index (χ0n) is 9.90. The minimum absolute atomic E-state index is 0.128. The molecule has 0 bridgehead atoms. The van der Waals surface area contributed by atoms with Gasteiger partial charge in [-0.1, -0.05) is 35.3 Å². The molecule has 0 saturated carbocycles. The highest BCUT2D eigenvalue weighted by molar-refractivity contribution is 6.42. The number of nitrogens with two attached hydrogens (primary N) is 1. The number of halogens is 2. The number of nitrogens with one attached hydrogen (secondary N) is 1. The van der Waals surface area contributed by atoms with Gasteiger partial charge in [0.2, 0.25) is 0 Å². The zero-order chi connectivity index (χ0) is 13.1. The molecule has 4 nitrogen and oxygen atoms in total. The maximum atomic E-state index is 6.19. The fourth-order valence-corrected chi connectivity index (χ4v) is 2.26. The molecule has 0 radical (unpaired) electrons. The summed E-state index contributed by atoms with van der Waals surface area (Å²) in [4.78, 5) is 4.27. The van der Waals surface area contributed by atoms with Gasteiger partial charge < -0.3 is 4.57 Å². The first-order chi connectivity index (χ1) is 8.63. The molecule has 0 fully saturated rings. The molecule has 0 amide bonds. The number of benzene rings is 1. The summed E-state index contributed by atoms with van der Waals surface area (Å²) in [7, 11) is 1.94. The highest BCUT2D eigenvalue weighted by atomic mass is 35.5. The lowest BCUT2D eigenvalue weighted by Gasteiger charge is -2.18. The Kier molecular flexibility index (Phi) is 4.24. The largest absolute Gasteiger partial charge is 0.338 e. The lowest BCUT2D eigenvalue weighted by molar-refractivity contribution is 0.530. The number of aryl methyl sites for hydroxylation is 1. The first kappa shape index (κ1) is 13.4. The second kappa shape index (κ2) is 5.71. The second-order valence-electron chi connectivity index (χ2n) is 4.02. The minimum Gasteiger partial charge on any atom is -0.338 e. The molecule has 18 heavy (non-hydrogen) atoms. The van der Waals surface area contributed by atoms with E-state index in [1.807, 2.05) is 29.9 Å². The van der Waals surface area contributed by atoms with Gasteiger partial charge in [-0.25, -0.2) is 4.98 Å². The van der Waals surface area contributed by atoms with E-state index in [2.05, 4.69) is 10.4 Å². The summed E-state index contributed by atoms with van der Waals surface area (Å²) in [5, 5.41) is 1.05. The highest BCUT2D eigenvalue weighted by Gasteiger charge is 2.17. The molecule has 0 aliphatic carbocycles. The molecule has 2 aromatic rings. The standard InChI is InChI=1S/C12H14Cl2N4/c1-18-6-5-16-11(18)7-10(17-15)8-3-2-4-9(13)12(8)14/h2-6,10,17H,7,15H2,1H3. The van der Waals surface area contributed by atoms with Crippen molar-refractivity contribution in [3.63, 3.8) is 0 Å². The molecule has 96 valence electrons. The van der Waals surface area contributed by atoms with Gasteiger partial charge in [0.1, 0.15) is 5.82 Å². The van der Waals surface area contributed by atoms with Crippen LogP contribution in [0.5, 0.6) is 0 Å². The van der Waals surface area contributed by atoms with E-state index < -0.39 is 0 Å². The Hall–Kier alpha value is -1.07. The average molecular weight is 285 g/mol. The first-order valence-corrected chi connectivity index (χ1v) is 6.25. The summed E-state index contributed by atoms with van der Waals surface area (Å²) in [6, 6.07) is 5.38. The molecule has 1 unspecified atom stereocenters. The number of imidazole rings is 1. The lowest BCUT2D eigenvalue weighted by atomic mass is 10.0. The molecule has 6 heteroatoms. The molecular weight excluding hydrogens is 271 g/mol. The number of rotatable bonds is 4. The van der Waals surface area contributed by atoms with Crippen LogP contribution < -0.4 is 11.3 Å². The summed E-state index contributed by atoms with van der Waals surface area (Å²) in [6.07, 6.45) is 4.28. The van der Waals surface area contributed by atoms with Crippen molar-refractivity contribution in [3.05, 3.63) is 52.0 Å². The second-order valence-corrected chi connectivity index (χ2v) is 4.81. The quantitative estimate of drug-likeness (QED) is 0.670. The van der Waals surface area contributed by atoms with Gasteiger partial charge in [-0.15, -0.1) is 0 Å². The van der Waals surface area contributed by atoms with Crippen LogP contribution in [0.4, 0.5) is 0 Å². The van der Waals surface area contributed by atoms with Crippen LogP contribution in [0.2, 0.25) is 10.0 Å². The van der Waals surface area contributed by atoms with Gasteiger partial charge in [0.25, 0.3) is 0 Å². The summed E-state index contributed by atoms with van der Waals surface area (Å²) in [5.74, 6) is 6.53. The summed E-state index contributed by atoms with van der Waals surface area (Å²) in [5.41, 5.74) is 3.63. The van der Waals surface area contributed by atoms with Crippen LogP contribution in [0.3, 0.4) is 0 Å². The third kappa shape index (κ3) is 2.67. The van der Waals surface area contributed by atoms with E-state index in [1.54, 1.807) is 12.3 Å². The fraction of sp³-hybridized carbons (Fsp3) is 0.250. The van der Waals surface area contributed by atoms with Gasteiger partial charge in [0.15, 0.2) is 0 Å². The van der Waals surface area contributed by atoms with E-state index in [9.17, 15) is 0 Å². The van der Waals surface area contributed by atoms with Crippen LogP contribution in [-0.4, -0.2) is 9.55 Å². The third-order valence-corrected chi connectivity index (χ3v) is 3.70. The van der Waals surface area contributed by atoms with E-state index in [0.717, 1.165) is 11.4 Å². The average Bonchev–Trinajstić information content (AvgIpc) is 2.76. The van der Waals surface area contributed by atoms with Crippen molar-refractivity contribution in [1.29, 1.82) is 0 Å². The van der Waals surface area contributed by atoms with Crippen molar-refractivity contribution in [3.8, 4) is 0 Å². The number of aromatic nitrogens is 2. The Labute approximate surface area is 116 Å². The molecule has 1 heterocycles. The Morgan fingerprint density at radius 2 is 2.22 bits per heavy atom. The Morgan fingerprint density at radius 3 is 2.83 bits per heavy atom. The van der Waals surface area contributed by atoms with Crippen LogP contribution >= 0.6 is 23.2 Å². The maximum absolute atomic E-state index is 6.19. The molecule has 1 atom stereocenters. The molecule has 0 aliphatic heterocycles. The predicted molar refractivity (Wildman–Crippen MR) is 73.4 cm³/mol. The van der Waals surface area contributed by atoms with Gasteiger partial charge in [0, 0.05) is 25.9 Å². The van der Waals surface area contributed by atoms with E-state index in [4.69, 9.17) is 29.0 Å². The SMILES string of the molecule is Cn1ccnc1CC(NN)c1cccc(Cl)c1Cl. The molecular formula is C12H14Cl2N4. The predicted octanol–water partition coefficient (Wildman–Crippen LogP) is 2.47. The van der Waals surface area contributed by atoms with Crippen molar-refractivity contribution < 1.29 is 0 Å². The first-order valence-electron chi connectivity index (χ1n) is 5.49. The molecule has 0 spiro atoms. The highest BCUT2D eigenvalue weighted by Crippen LogP contribution is 2.30. The Bertz CT molecular complexity index is 539. The van der Waals surface area contributed by atoms with Crippen molar-refractivity contribution in [2.24, 2.45) is 12.9 Å². The Morgan fingerprint density at radius 1 is 1.44 bits per heavy atom. The summed E-state index contributed by atoms with van der Waals surface area (Å²) < 4.78 is 1.95. The third-order valence-electron chi connectivity index (χ3n) is 2.87. The van der Waals surface area contributed by atoms with Crippen molar-refractivity contribution in [2.75, 3.05) is 0 Å². The van der Waals surface area contributed by atoms with Crippen LogP contribution in [0.25, 0.3) is 0 Å². The van der Waals surface area contributed by atoms with Crippen molar-refractivity contribution in [2.45, 2.75) is 12.5 Å². The number of hydrazine groups is 1. The molecule has 1 aromatic heterocycles. The van der Waals surface area contributed by atoms with Gasteiger partial charge in [0.05, 0.1) is 16.1 Å². The topological polar surface area (TPSA) is 55.9 Å². The Balaban J connectivity index is 2.29. The van der Waals surface area contributed by atoms with Gasteiger partial charge in [-0.2, -0.15) is 0 Å². The number of hydrogen-bond acceptors (Lipinski definition) is 3. The van der Waals surface area contributed by atoms with Gasteiger partial charge in [-0.05, 0) is 11.6 Å². The molecule has 0 aliphatic rings. The molecule has 1 aromatic carbocycles. The normalized spacial score (nSPS) is 12.7. The lowest BCUT2D eigenvalue weighted by Crippen LogP contribution is -2.30. The van der Waals surface area contributed by atoms with E-state index in [1.165, 1.54) is 0 Å². The summed E-state index contributed by atoms with van der Waals surface area (Å²) in [6.45, 7) is 0. The van der Waals surface area contributed by atoms with Crippen molar-refractivity contribution in [1.82, 2.24) is 15.0 Å². The minimum atomic E-state index is -0.128. The smallest absolute Gasteiger partial charge is 0.110 e. The molecule has 2 rings (SSSR count). The molecule has 0 saturated heterocycles. The van der Waals surface area contributed by atoms with E-state index in [-0.39, 0.29) is 6.04 Å². The van der Waals surface area contributed by atoms with Crippen LogP contribution in [0, 0.1) is 0 Å².